The van der Waals surface area contributed by atoms with E-state index in [1.165, 1.54) is 16.7 Å². The quantitative estimate of drug-likeness (QED) is 0.601. The molecule has 0 saturated carbocycles. The molecule has 2 saturated heterocycles. The highest BCUT2D eigenvalue weighted by Gasteiger charge is 2.41. The molecule has 184 valence electrons. The minimum absolute atomic E-state index is 0.0674. The Labute approximate surface area is 209 Å². The maximum absolute atomic E-state index is 13.6. The predicted molar refractivity (Wildman–Crippen MR) is 134 cm³/mol. The van der Waals surface area contributed by atoms with Gasteiger partial charge < -0.3 is 19.6 Å². The number of anilines is 2. The van der Waals surface area contributed by atoms with Crippen molar-refractivity contribution in [1.29, 1.82) is 0 Å². The minimum atomic E-state index is -0.845. The van der Waals surface area contributed by atoms with Gasteiger partial charge in [0, 0.05) is 56.6 Å². The van der Waals surface area contributed by atoms with Crippen LogP contribution < -0.4 is 9.80 Å². The molecule has 9 nitrogen and oxygen atoms in total. The number of thioether (sulfide) groups is 1. The van der Waals surface area contributed by atoms with Crippen LogP contribution in [0.5, 0.6) is 0 Å². The monoisotopic (exact) mass is 494 g/mol. The second kappa shape index (κ2) is 10.6. The predicted octanol–water partition coefficient (Wildman–Crippen LogP) is 2.04. The first-order valence-corrected chi connectivity index (χ1v) is 13.2. The van der Waals surface area contributed by atoms with Crippen molar-refractivity contribution in [3.63, 3.8) is 0 Å². The Morgan fingerprint density at radius 1 is 0.857 bits per heavy atom. The summed E-state index contributed by atoms with van der Waals surface area (Å²) in [6.07, 6.45) is 7.58. The zero-order chi connectivity index (χ0) is 24.2. The maximum Gasteiger partial charge on any atom is 0.250 e. The molecule has 3 amide bonds. The van der Waals surface area contributed by atoms with Gasteiger partial charge in [0.15, 0.2) is 5.25 Å². The molecule has 4 heterocycles. The van der Waals surface area contributed by atoms with E-state index >= 15 is 0 Å². The number of aromatic nitrogens is 2. The van der Waals surface area contributed by atoms with Gasteiger partial charge in [-0.3, -0.25) is 14.4 Å². The molecule has 1 atom stereocenters. The van der Waals surface area contributed by atoms with Crippen LogP contribution in [-0.2, 0) is 14.4 Å². The largest absolute Gasteiger partial charge is 0.341 e. The van der Waals surface area contributed by atoms with E-state index in [1.807, 2.05) is 29.2 Å². The standard InChI is InChI=1S/C25H30N6O3S/c32-21(28-14-16-30(17-15-28)25-26-10-7-11-27-25)18-31-19-8-3-4-9-20(19)35-22(24(31)34)23(33)29-12-5-1-2-6-13-29/h3-4,7-11,22H,1-2,5-6,12-18H2/t22-/m0/s1. The van der Waals surface area contributed by atoms with Crippen LogP contribution in [-0.4, -0.2) is 88.6 Å². The molecule has 0 radical (unpaired) electrons. The van der Waals surface area contributed by atoms with Crippen LogP contribution >= 0.6 is 11.8 Å². The molecule has 1 aromatic heterocycles. The maximum atomic E-state index is 13.6. The molecule has 35 heavy (non-hydrogen) atoms. The molecule has 0 N–H and O–H groups in total. The highest BCUT2D eigenvalue weighted by Crippen LogP contribution is 2.40. The van der Waals surface area contributed by atoms with Gasteiger partial charge in [0.25, 0.3) is 5.91 Å². The first kappa shape index (κ1) is 23.6. The summed E-state index contributed by atoms with van der Waals surface area (Å²) in [5.74, 6) is 0.110. The lowest BCUT2D eigenvalue weighted by Gasteiger charge is -2.38. The zero-order valence-corrected chi connectivity index (χ0v) is 20.5. The molecule has 3 aliphatic rings. The SMILES string of the molecule is O=C(CN1C(=O)[C@H](C(=O)N2CCCCCC2)Sc2ccccc21)N1CCN(c2ncccn2)CC1. The lowest BCUT2D eigenvalue weighted by atomic mass is 10.2. The van der Waals surface area contributed by atoms with Crippen LogP contribution in [0, 0.1) is 0 Å². The lowest BCUT2D eigenvalue weighted by Crippen LogP contribution is -2.55. The molecular weight excluding hydrogens is 464 g/mol. The number of hydrogen-bond acceptors (Lipinski definition) is 7. The number of carbonyl (C=O) groups is 3. The van der Waals surface area contributed by atoms with Crippen LogP contribution in [0.3, 0.4) is 0 Å². The third-order valence-electron chi connectivity index (χ3n) is 6.79. The Morgan fingerprint density at radius 3 is 2.26 bits per heavy atom. The van der Waals surface area contributed by atoms with E-state index in [-0.39, 0.29) is 24.3 Å². The summed E-state index contributed by atoms with van der Waals surface area (Å²) < 4.78 is 0. The highest BCUT2D eigenvalue weighted by atomic mass is 32.2. The van der Waals surface area contributed by atoms with Crippen LogP contribution in [0.15, 0.2) is 47.6 Å². The van der Waals surface area contributed by atoms with Gasteiger partial charge in [-0.1, -0.05) is 25.0 Å². The van der Waals surface area contributed by atoms with Crippen LogP contribution in [0.4, 0.5) is 11.6 Å². The van der Waals surface area contributed by atoms with Gasteiger partial charge >= 0.3 is 0 Å². The summed E-state index contributed by atoms with van der Waals surface area (Å²) >= 11 is 1.31. The third-order valence-corrected chi connectivity index (χ3v) is 8.03. The molecule has 0 aliphatic carbocycles. The van der Waals surface area contributed by atoms with Gasteiger partial charge in [0.2, 0.25) is 17.8 Å². The molecule has 2 aromatic rings. The molecule has 2 fully saturated rings. The van der Waals surface area contributed by atoms with Crippen molar-refractivity contribution in [2.45, 2.75) is 35.8 Å². The fourth-order valence-electron chi connectivity index (χ4n) is 4.84. The zero-order valence-electron chi connectivity index (χ0n) is 19.7. The van der Waals surface area contributed by atoms with Gasteiger partial charge in [-0.2, -0.15) is 0 Å². The second-order valence-corrected chi connectivity index (χ2v) is 10.2. The van der Waals surface area contributed by atoms with Crippen molar-refractivity contribution in [3.05, 3.63) is 42.7 Å². The van der Waals surface area contributed by atoms with E-state index in [4.69, 9.17) is 0 Å². The number of rotatable bonds is 4. The van der Waals surface area contributed by atoms with Crippen molar-refractivity contribution >= 4 is 41.1 Å². The summed E-state index contributed by atoms with van der Waals surface area (Å²) in [5.41, 5.74) is 0.701. The first-order valence-electron chi connectivity index (χ1n) is 12.3. The van der Waals surface area contributed by atoms with Crippen LogP contribution in [0.25, 0.3) is 0 Å². The minimum Gasteiger partial charge on any atom is -0.341 e. The third kappa shape index (κ3) is 5.12. The number of likely N-dealkylation sites (tertiary alicyclic amines) is 1. The van der Waals surface area contributed by atoms with E-state index in [1.54, 1.807) is 23.4 Å². The number of amides is 3. The summed E-state index contributed by atoms with van der Waals surface area (Å²) in [6, 6.07) is 9.32. The number of nitrogens with zero attached hydrogens (tertiary/aromatic N) is 6. The highest BCUT2D eigenvalue weighted by molar-refractivity contribution is 8.01. The smallest absolute Gasteiger partial charge is 0.250 e. The summed E-state index contributed by atoms with van der Waals surface area (Å²) in [6.45, 7) is 3.65. The summed E-state index contributed by atoms with van der Waals surface area (Å²) in [4.78, 5) is 56.8. The van der Waals surface area contributed by atoms with Crippen molar-refractivity contribution in [2.75, 3.05) is 55.6 Å². The number of benzene rings is 1. The Bertz CT molecular complexity index is 1070. The molecule has 0 spiro atoms. The first-order chi connectivity index (χ1) is 17.1. The number of carbonyl (C=O) groups excluding carboxylic acids is 3. The Morgan fingerprint density at radius 2 is 1.54 bits per heavy atom. The van der Waals surface area contributed by atoms with Crippen molar-refractivity contribution in [3.8, 4) is 0 Å². The molecular formula is C25H30N6O3S. The van der Waals surface area contributed by atoms with Gasteiger partial charge in [0.1, 0.15) is 6.54 Å². The van der Waals surface area contributed by atoms with Crippen molar-refractivity contribution in [1.82, 2.24) is 19.8 Å². The summed E-state index contributed by atoms with van der Waals surface area (Å²) in [5, 5.41) is -0.845. The molecule has 5 rings (SSSR count). The van der Waals surface area contributed by atoms with Crippen LogP contribution in [0.2, 0.25) is 0 Å². The topological polar surface area (TPSA) is 90.0 Å². The van der Waals surface area contributed by atoms with Gasteiger partial charge in [-0.15, -0.1) is 11.8 Å². The van der Waals surface area contributed by atoms with E-state index in [0.717, 1.165) is 30.6 Å². The molecule has 0 bridgehead atoms. The Kier molecular flexibility index (Phi) is 7.17. The van der Waals surface area contributed by atoms with Crippen molar-refractivity contribution in [2.24, 2.45) is 0 Å². The van der Waals surface area contributed by atoms with Crippen LogP contribution in [0.1, 0.15) is 25.7 Å². The fraction of sp³-hybridized carbons (Fsp3) is 0.480. The number of piperazine rings is 1. The molecule has 0 unspecified atom stereocenters. The van der Waals surface area contributed by atoms with Gasteiger partial charge in [-0.25, -0.2) is 9.97 Å². The van der Waals surface area contributed by atoms with E-state index < -0.39 is 5.25 Å². The van der Waals surface area contributed by atoms with E-state index in [0.29, 0.717) is 50.9 Å². The normalized spacial score (nSPS) is 20.9. The fourth-order valence-corrected chi connectivity index (χ4v) is 6.03. The number of fused-ring (bicyclic) bond motifs is 1. The average Bonchev–Trinajstić information content (AvgIpc) is 3.20. The average molecular weight is 495 g/mol. The molecule has 3 aliphatic heterocycles. The van der Waals surface area contributed by atoms with Crippen molar-refractivity contribution < 1.29 is 14.4 Å². The van der Waals surface area contributed by atoms with E-state index in [2.05, 4.69) is 14.9 Å². The summed E-state index contributed by atoms with van der Waals surface area (Å²) in [7, 11) is 0. The van der Waals surface area contributed by atoms with E-state index in [9.17, 15) is 14.4 Å². The second-order valence-electron chi connectivity index (χ2n) is 9.05. The lowest BCUT2D eigenvalue weighted by molar-refractivity contribution is -0.136. The number of hydrogen-bond donors (Lipinski definition) is 0. The van der Waals surface area contributed by atoms with Gasteiger partial charge in [-0.05, 0) is 31.0 Å². The number of para-hydroxylation sites is 1. The Hall–Kier alpha value is -3.14. The molecule has 10 heteroatoms. The van der Waals surface area contributed by atoms with Gasteiger partial charge in [0.05, 0.1) is 5.69 Å². The molecule has 1 aromatic carbocycles. The Balaban J connectivity index is 1.28.